The number of alkyl halides is 2. The summed E-state index contributed by atoms with van der Waals surface area (Å²) in [5, 5.41) is 3.32. The van der Waals surface area contributed by atoms with E-state index in [1.807, 2.05) is 6.07 Å². The van der Waals surface area contributed by atoms with Crippen molar-refractivity contribution in [2.45, 2.75) is 23.7 Å². The lowest BCUT2D eigenvalue weighted by Crippen LogP contribution is -2.29. The quantitative estimate of drug-likeness (QED) is 0.477. The van der Waals surface area contributed by atoms with Crippen molar-refractivity contribution in [2.75, 3.05) is 5.32 Å². The van der Waals surface area contributed by atoms with Gasteiger partial charge in [0.25, 0.3) is 11.7 Å². The second-order valence-corrected chi connectivity index (χ2v) is 6.65. The number of hydrogen-bond acceptors (Lipinski definition) is 5. The Morgan fingerprint density at radius 2 is 1.81 bits per heavy atom. The first-order valence-electron chi connectivity index (χ1n) is 7.97. The van der Waals surface area contributed by atoms with E-state index in [2.05, 4.69) is 5.32 Å². The van der Waals surface area contributed by atoms with Gasteiger partial charge in [0.15, 0.2) is 6.10 Å². The van der Waals surface area contributed by atoms with Crippen LogP contribution in [0, 0.1) is 0 Å². The van der Waals surface area contributed by atoms with E-state index >= 15 is 0 Å². The van der Waals surface area contributed by atoms with Crippen LogP contribution in [0.2, 0.25) is 0 Å². The zero-order valence-corrected chi connectivity index (χ0v) is 15.0. The zero-order chi connectivity index (χ0) is 19.4. The third-order valence-corrected chi connectivity index (χ3v) is 4.35. The summed E-state index contributed by atoms with van der Waals surface area (Å²) in [6.07, 6.45) is -1.07. The van der Waals surface area contributed by atoms with Crippen LogP contribution in [0.1, 0.15) is 17.5 Å². The van der Waals surface area contributed by atoms with Gasteiger partial charge in [-0.25, -0.2) is 4.79 Å². The maximum Gasteiger partial charge on any atom is 0.375 e. The van der Waals surface area contributed by atoms with E-state index in [0.29, 0.717) is 27.9 Å². The normalized spacial score (nSPS) is 12.1. The van der Waals surface area contributed by atoms with Gasteiger partial charge < -0.3 is 14.5 Å². The number of ether oxygens (including phenoxy) is 1. The average molecular weight is 391 g/mol. The molecule has 5 nitrogen and oxygen atoms in total. The number of thioether (sulfide) groups is 1. The maximum atomic E-state index is 12.3. The van der Waals surface area contributed by atoms with Gasteiger partial charge in [0, 0.05) is 16.0 Å². The molecule has 0 aliphatic rings. The summed E-state index contributed by atoms with van der Waals surface area (Å²) >= 11 is 0.414. The zero-order valence-electron chi connectivity index (χ0n) is 14.1. The van der Waals surface area contributed by atoms with E-state index in [0.717, 1.165) is 5.39 Å². The van der Waals surface area contributed by atoms with Crippen LogP contribution in [0.3, 0.4) is 0 Å². The molecular weight excluding hydrogens is 376 g/mol. The van der Waals surface area contributed by atoms with Gasteiger partial charge >= 0.3 is 5.97 Å². The molecule has 1 N–H and O–H groups in total. The number of carbonyl (C=O) groups excluding carboxylic acids is 2. The number of para-hydroxylation sites is 1. The Labute approximate surface area is 157 Å². The van der Waals surface area contributed by atoms with Crippen molar-refractivity contribution in [3.8, 4) is 0 Å². The van der Waals surface area contributed by atoms with E-state index in [1.54, 1.807) is 24.3 Å². The fourth-order valence-corrected chi connectivity index (χ4v) is 2.82. The Morgan fingerprint density at radius 3 is 2.48 bits per heavy atom. The summed E-state index contributed by atoms with van der Waals surface area (Å²) in [4.78, 5) is 24.7. The van der Waals surface area contributed by atoms with Crippen LogP contribution < -0.4 is 5.32 Å². The molecule has 0 saturated heterocycles. The molecule has 0 aliphatic carbocycles. The van der Waals surface area contributed by atoms with Gasteiger partial charge in [-0.1, -0.05) is 30.0 Å². The highest BCUT2D eigenvalue weighted by atomic mass is 32.2. The molecule has 0 saturated carbocycles. The van der Waals surface area contributed by atoms with Crippen molar-refractivity contribution < 1.29 is 27.5 Å². The minimum Gasteiger partial charge on any atom is -0.449 e. The van der Waals surface area contributed by atoms with Crippen LogP contribution >= 0.6 is 11.8 Å². The topological polar surface area (TPSA) is 68.5 Å². The number of benzene rings is 2. The van der Waals surface area contributed by atoms with Crippen molar-refractivity contribution in [2.24, 2.45) is 0 Å². The van der Waals surface area contributed by atoms with Crippen LogP contribution in [-0.4, -0.2) is 23.7 Å². The van der Waals surface area contributed by atoms with Crippen LogP contribution in [0.4, 0.5) is 14.5 Å². The molecule has 140 valence electrons. The summed E-state index contributed by atoms with van der Waals surface area (Å²) in [5.74, 6) is -3.81. The monoisotopic (exact) mass is 391 g/mol. The molecule has 0 bridgehead atoms. The number of fused-ring (bicyclic) bond motifs is 1. The van der Waals surface area contributed by atoms with Crippen LogP contribution in [-0.2, 0) is 9.53 Å². The molecule has 2 aromatic carbocycles. The molecule has 1 amide bonds. The molecule has 1 heterocycles. The van der Waals surface area contributed by atoms with E-state index in [4.69, 9.17) is 9.15 Å². The first kappa shape index (κ1) is 18.9. The number of halogens is 2. The highest BCUT2D eigenvalue weighted by molar-refractivity contribution is 7.99. The Morgan fingerprint density at radius 1 is 1.11 bits per heavy atom. The summed E-state index contributed by atoms with van der Waals surface area (Å²) in [6.45, 7) is 1.43. The molecule has 8 heteroatoms. The first-order valence-corrected chi connectivity index (χ1v) is 8.85. The lowest BCUT2D eigenvalue weighted by Gasteiger charge is -2.13. The predicted octanol–water partition coefficient (Wildman–Crippen LogP) is 4.93. The molecule has 0 unspecified atom stereocenters. The molecule has 27 heavy (non-hydrogen) atoms. The summed E-state index contributed by atoms with van der Waals surface area (Å²) in [6, 6.07) is 14.6. The van der Waals surface area contributed by atoms with Crippen LogP contribution in [0.5, 0.6) is 0 Å². The van der Waals surface area contributed by atoms with E-state index < -0.39 is 23.7 Å². The van der Waals surface area contributed by atoms with E-state index in [1.165, 1.54) is 31.2 Å². The van der Waals surface area contributed by atoms with Gasteiger partial charge in [0.05, 0.1) is 0 Å². The molecule has 3 aromatic rings. The molecule has 0 fully saturated rings. The van der Waals surface area contributed by atoms with Gasteiger partial charge in [-0.05, 0) is 43.3 Å². The number of anilines is 1. The molecule has 1 aromatic heterocycles. The lowest BCUT2D eigenvalue weighted by atomic mass is 10.2. The Balaban J connectivity index is 1.59. The largest absolute Gasteiger partial charge is 0.449 e. The maximum absolute atomic E-state index is 12.3. The van der Waals surface area contributed by atoms with Crippen molar-refractivity contribution in [3.05, 3.63) is 60.4 Å². The highest BCUT2D eigenvalue weighted by Crippen LogP contribution is 2.26. The fourth-order valence-electron chi connectivity index (χ4n) is 2.32. The van der Waals surface area contributed by atoms with Gasteiger partial charge in [-0.3, -0.25) is 4.79 Å². The lowest BCUT2D eigenvalue weighted by molar-refractivity contribution is -0.123. The second-order valence-electron chi connectivity index (χ2n) is 5.59. The van der Waals surface area contributed by atoms with Gasteiger partial charge in [0.1, 0.15) is 5.58 Å². The Kier molecular flexibility index (Phi) is 5.75. The SMILES string of the molecule is C[C@@H](OC(=O)c1cc2ccccc2o1)C(=O)Nc1ccc(SC(F)F)cc1. The summed E-state index contributed by atoms with van der Waals surface area (Å²) < 4.78 is 35.1. The van der Waals surface area contributed by atoms with Crippen molar-refractivity contribution in [3.63, 3.8) is 0 Å². The van der Waals surface area contributed by atoms with Crippen molar-refractivity contribution >= 4 is 40.3 Å². The van der Waals surface area contributed by atoms with E-state index in [9.17, 15) is 18.4 Å². The molecule has 3 rings (SSSR count). The number of nitrogens with one attached hydrogen (secondary N) is 1. The van der Waals surface area contributed by atoms with Crippen molar-refractivity contribution in [1.29, 1.82) is 0 Å². The van der Waals surface area contributed by atoms with Gasteiger partial charge in [0.2, 0.25) is 5.76 Å². The number of hydrogen-bond donors (Lipinski definition) is 1. The molecular formula is C19H15F2NO4S. The molecule has 0 aliphatic heterocycles. The number of rotatable bonds is 6. The first-order chi connectivity index (χ1) is 12.9. The standard InChI is InChI=1S/C19H15F2NO4S/c1-11(17(23)22-13-6-8-14(9-7-13)27-19(20)21)25-18(24)16-10-12-4-2-3-5-15(12)26-16/h2-11,19H,1H3,(H,22,23)/t11-/m1/s1. The highest BCUT2D eigenvalue weighted by Gasteiger charge is 2.21. The van der Waals surface area contributed by atoms with Crippen LogP contribution in [0.15, 0.2) is 63.9 Å². The van der Waals surface area contributed by atoms with Gasteiger partial charge in [-0.2, -0.15) is 8.78 Å². The number of amides is 1. The Bertz CT molecular complexity index is 923. The third kappa shape index (κ3) is 4.85. The predicted molar refractivity (Wildman–Crippen MR) is 98.0 cm³/mol. The Hall–Kier alpha value is -2.87. The van der Waals surface area contributed by atoms with Crippen LogP contribution in [0.25, 0.3) is 11.0 Å². The molecule has 0 spiro atoms. The number of furan rings is 1. The molecule has 1 atom stereocenters. The summed E-state index contributed by atoms with van der Waals surface area (Å²) in [7, 11) is 0. The minimum atomic E-state index is -2.51. The van der Waals surface area contributed by atoms with Gasteiger partial charge in [-0.15, -0.1) is 0 Å². The molecule has 0 radical (unpaired) electrons. The number of esters is 1. The fraction of sp³-hybridized carbons (Fsp3) is 0.158. The third-order valence-electron chi connectivity index (χ3n) is 3.63. The number of carbonyl (C=O) groups is 2. The van der Waals surface area contributed by atoms with E-state index in [-0.39, 0.29) is 5.76 Å². The average Bonchev–Trinajstić information content (AvgIpc) is 3.07. The minimum absolute atomic E-state index is 0.00391. The summed E-state index contributed by atoms with van der Waals surface area (Å²) in [5.41, 5.74) is 0.952. The van der Waals surface area contributed by atoms with Crippen molar-refractivity contribution in [1.82, 2.24) is 0 Å². The second kappa shape index (κ2) is 8.22. The smallest absolute Gasteiger partial charge is 0.375 e.